The van der Waals surface area contributed by atoms with Crippen molar-refractivity contribution in [3.05, 3.63) is 35.4 Å². The number of amides is 2. The number of rotatable bonds is 6. The Morgan fingerprint density at radius 3 is 2.39 bits per heavy atom. The minimum Gasteiger partial charge on any atom is -0.350 e. The van der Waals surface area contributed by atoms with Crippen molar-refractivity contribution in [2.24, 2.45) is 11.8 Å². The predicted molar refractivity (Wildman–Crippen MR) is 123 cm³/mol. The van der Waals surface area contributed by atoms with Crippen LogP contribution in [-0.2, 0) is 32.3 Å². The van der Waals surface area contributed by atoms with Gasteiger partial charge < -0.3 is 10.2 Å². The Hall–Kier alpha value is -2.65. The van der Waals surface area contributed by atoms with Crippen LogP contribution in [0.4, 0.5) is 13.2 Å². The van der Waals surface area contributed by atoms with Crippen LogP contribution in [-0.4, -0.2) is 60.4 Å². The molecule has 3 aliphatic rings. The minimum atomic E-state index is -4.43. The number of likely N-dealkylation sites (tertiary alicyclic amines) is 1. The Bertz CT molecular complexity index is 1130. The molecule has 0 bridgehead atoms. The van der Waals surface area contributed by atoms with E-state index in [4.69, 9.17) is 5.26 Å². The molecule has 12 heteroatoms. The zero-order valence-electron chi connectivity index (χ0n) is 19.7. The van der Waals surface area contributed by atoms with Crippen molar-refractivity contribution in [3.63, 3.8) is 0 Å². The molecule has 1 saturated carbocycles. The van der Waals surface area contributed by atoms with E-state index in [1.54, 1.807) is 0 Å². The zero-order chi connectivity index (χ0) is 26.1. The standard InChI is InChI=1S/C24H29F3N4O4S/c25-24(26,27)19-7-5-16(6-8-19)14-29-22(32)21-4-2-10-31(21)23(33)18-3-1-9-30(15-18)36(34,35)20-11-17(12-20)13-28/h5-8,17-18,20-21H,1-4,9-12,14-15H2,(H,29,32)/t17-,18-,20+,21+/m0/s1. The average molecular weight is 527 g/mol. The van der Waals surface area contributed by atoms with Gasteiger partial charge in [0.25, 0.3) is 0 Å². The van der Waals surface area contributed by atoms with Crippen LogP contribution in [0.1, 0.15) is 49.7 Å². The fourth-order valence-corrected chi connectivity index (χ4v) is 7.30. The van der Waals surface area contributed by atoms with Crippen molar-refractivity contribution in [2.75, 3.05) is 19.6 Å². The van der Waals surface area contributed by atoms with Crippen LogP contribution in [0.2, 0.25) is 0 Å². The lowest BCUT2D eigenvalue weighted by atomic mass is 9.86. The maximum Gasteiger partial charge on any atom is 0.416 e. The Morgan fingerprint density at radius 1 is 1.08 bits per heavy atom. The molecule has 4 rings (SSSR count). The average Bonchev–Trinajstić information content (AvgIpc) is 3.31. The number of halogens is 3. The molecule has 2 saturated heterocycles. The summed E-state index contributed by atoms with van der Waals surface area (Å²) in [5.74, 6) is -1.40. The van der Waals surface area contributed by atoms with Crippen LogP contribution in [0.15, 0.2) is 24.3 Å². The second-order valence-corrected chi connectivity index (χ2v) is 12.0. The van der Waals surface area contributed by atoms with Gasteiger partial charge in [-0.1, -0.05) is 12.1 Å². The normalized spacial score (nSPS) is 27.2. The summed E-state index contributed by atoms with van der Waals surface area (Å²) < 4.78 is 65.5. The molecule has 8 nitrogen and oxygen atoms in total. The summed E-state index contributed by atoms with van der Waals surface area (Å²) >= 11 is 0. The quantitative estimate of drug-likeness (QED) is 0.613. The highest BCUT2D eigenvalue weighted by Gasteiger charge is 2.45. The molecule has 2 atom stereocenters. The lowest BCUT2D eigenvalue weighted by Gasteiger charge is -2.39. The smallest absolute Gasteiger partial charge is 0.350 e. The van der Waals surface area contributed by atoms with Crippen LogP contribution >= 0.6 is 0 Å². The number of hydrogen-bond acceptors (Lipinski definition) is 5. The Balaban J connectivity index is 1.34. The summed E-state index contributed by atoms with van der Waals surface area (Å²) in [6.07, 6.45) is -1.61. The van der Waals surface area contributed by atoms with Gasteiger partial charge in [-0.2, -0.15) is 18.4 Å². The number of alkyl halides is 3. The van der Waals surface area contributed by atoms with E-state index in [9.17, 15) is 31.2 Å². The number of nitriles is 1. The molecule has 36 heavy (non-hydrogen) atoms. The number of hydrogen-bond donors (Lipinski definition) is 1. The number of sulfonamides is 1. The molecule has 1 aromatic rings. The monoisotopic (exact) mass is 526 g/mol. The molecule has 2 heterocycles. The molecule has 0 aromatic heterocycles. The number of nitrogens with one attached hydrogen (secondary N) is 1. The van der Waals surface area contributed by atoms with E-state index >= 15 is 0 Å². The van der Waals surface area contributed by atoms with Gasteiger partial charge >= 0.3 is 6.18 Å². The molecule has 0 spiro atoms. The summed E-state index contributed by atoms with van der Waals surface area (Å²) in [5, 5.41) is 11.1. The Kier molecular flexibility index (Phi) is 7.61. The fraction of sp³-hybridized carbons (Fsp3) is 0.625. The van der Waals surface area contributed by atoms with Gasteiger partial charge in [-0.25, -0.2) is 12.7 Å². The summed E-state index contributed by atoms with van der Waals surface area (Å²) in [6, 6.07) is 5.92. The first-order valence-corrected chi connectivity index (χ1v) is 13.6. The molecule has 0 unspecified atom stereocenters. The van der Waals surface area contributed by atoms with Gasteiger partial charge in [0.1, 0.15) is 6.04 Å². The number of carbonyl (C=O) groups is 2. The van der Waals surface area contributed by atoms with E-state index < -0.39 is 39.0 Å². The third kappa shape index (κ3) is 5.52. The van der Waals surface area contributed by atoms with Crippen molar-refractivity contribution in [2.45, 2.75) is 62.5 Å². The minimum absolute atomic E-state index is 0.0377. The summed E-state index contributed by atoms with van der Waals surface area (Å²) in [5.41, 5.74) is -0.258. The van der Waals surface area contributed by atoms with E-state index in [1.807, 2.05) is 0 Å². The summed E-state index contributed by atoms with van der Waals surface area (Å²) in [7, 11) is -3.58. The van der Waals surface area contributed by atoms with E-state index in [-0.39, 0.29) is 30.8 Å². The highest BCUT2D eigenvalue weighted by atomic mass is 32.2. The van der Waals surface area contributed by atoms with Crippen molar-refractivity contribution >= 4 is 21.8 Å². The van der Waals surface area contributed by atoms with E-state index in [0.29, 0.717) is 57.2 Å². The number of benzene rings is 1. The summed E-state index contributed by atoms with van der Waals surface area (Å²) in [4.78, 5) is 27.7. The molecule has 3 fully saturated rings. The zero-order valence-corrected chi connectivity index (χ0v) is 20.5. The van der Waals surface area contributed by atoms with Crippen LogP contribution in [0.25, 0.3) is 0 Å². The second kappa shape index (κ2) is 10.4. The van der Waals surface area contributed by atoms with Gasteiger partial charge in [-0.15, -0.1) is 0 Å². The largest absolute Gasteiger partial charge is 0.416 e. The molecule has 1 aromatic carbocycles. The van der Waals surface area contributed by atoms with E-state index in [2.05, 4.69) is 11.4 Å². The molecule has 1 aliphatic carbocycles. The van der Waals surface area contributed by atoms with Gasteiger partial charge in [0.2, 0.25) is 21.8 Å². The topological polar surface area (TPSA) is 111 Å². The molecular weight excluding hydrogens is 497 g/mol. The van der Waals surface area contributed by atoms with E-state index in [1.165, 1.54) is 21.3 Å². The Morgan fingerprint density at radius 2 is 1.75 bits per heavy atom. The van der Waals surface area contributed by atoms with Crippen molar-refractivity contribution in [1.82, 2.24) is 14.5 Å². The van der Waals surface area contributed by atoms with Crippen molar-refractivity contribution in [3.8, 4) is 6.07 Å². The first-order valence-electron chi connectivity index (χ1n) is 12.1. The highest BCUT2D eigenvalue weighted by Crippen LogP contribution is 2.36. The molecule has 2 aliphatic heterocycles. The first kappa shape index (κ1) is 26.4. The number of piperidine rings is 1. The van der Waals surface area contributed by atoms with Gasteiger partial charge in [-0.3, -0.25) is 9.59 Å². The maximum absolute atomic E-state index is 13.3. The second-order valence-electron chi connectivity index (χ2n) is 9.76. The van der Waals surface area contributed by atoms with Crippen LogP contribution in [0.3, 0.4) is 0 Å². The fourth-order valence-electron chi connectivity index (χ4n) is 5.16. The SMILES string of the molecule is N#C[C@H]1C[C@@H](S(=O)(=O)N2CCC[C@H](C(=O)N3CCC[C@@H]3C(=O)NCc3ccc(C(F)(F)F)cc3)C2)C1. The third-order valence-electron chi connectivity index (χ3n) is 7.38. The third-order valence-corrected chi connectivity index (χ3v) is 9.66. The highest BCUT2D eigenvalue weighted by molar-refractivity contribution is 7.89. The molecule has 1 N–H and O–H groups in total. The van der Waals surface area contributed by atoms with Gasteiger partial charge in [0, 0.05) is 32.1 Å². The maximum atomic E-state index is 13.3. The summed E-state index contributed by atoms with van der Waals surface area (Å²) in [6.45, 7) is 0.852. The van der Waals surface area contributed by atoms with Gasteiger partial charge in [0.15, 0.2) is 0 Å². The van der Waals surface area contributed by atoms with Gasteiger partial charge in [0.05, 0.1) is 22.8 Å². The van der Waals surface area contributed by atoms with E-state index in [0.717, 1.165) is 12.1 Å². The lowest BCUT2D eigenvalue weighted by molar-refractivity contribution is -0.142. The van der Waals surface area contributed by atoms with Crippen molar-refractivity contribution in [1.29, 1.82) is 5.26 Å². The number of nitrogens with zero attached hydrogens (tertiary/aromatic N) is 3. The molecule has 196 valence electrons. The molecule has 0 radical (unpaired) electrons. The van der Waals surface area contributed by atoms with Crippen molar-refractivity contribution < 1.29 is 31.2 Å². The predicted octanol–water partition coefficient (Wildman–Crippen LogP) is 2.66. The van der Waals surface area contributed by atoms with Crippen LogP contribution in [0.5, 0.6) is 0 Å². The molecule has 2 amide bonds. The lowest BCUT2D eigenvalue weighted by Crippen LogP contribution is -2.53. The van der Waals surface area contributed by atoms with Gasteiger partial charge in [-0.05, 0) is 56.2 Å². The first-order chi connectivity index (χ1) is 17.0. The number of carbonyl (C=O) groups excluding carboxylic acids is 2. The Labute approximate surface area is 208 Å². The molecular formula is C24H29F3N4O4S. The van der Waals surface area contributed by atoms with Crippen LogP contribution in [0, 0.1) is 23.2 Å². The van der Waals surface area contributed by atoms with Crippen LogP contribution < -0.4 is 5.32 Å².